The van der Waals surface area contributed by atoms with E-state index in [1.165, 1.54) is 7.11 Å². The Morgan fingerprint density at radius 3 is 2.51 bits per heavy atom. The number of rotatable bonds is 8. The SMILES string of the molecule is CCOC(=O)C1=C(C)C=C2O/C(=C\c3ccc(-c4cc(C=O)ccc4C)o3)C(=O)C2C1c1cc(OC)ccc1OC. The van der Waals surface area contributed by atoms with Crippen LogP contribution in [0, 0.1) is 12.8 Å². The molecule has 0 amide bonds. The zero-order chi connectivity index (χ0) is 29.3. The minimum atomic E-state index is -0.827. The van der Waals surface area contributed by atoms with Crippen molar-refractivity contribution in [2.75, 3.05) is 20.8 Å². The lowest BCUT2D eigenvalue weighted by Crippen LogP contribution is -2.29. The smallest absolute Gasteiger partial charge is 0.334 e. The maximum absolute atomic E-state index is 14.0. The second-order valence-electron chi connectivity index (χ2n) is 9.80. The molecule has 2 aliphatic rings. The van der Waals surface area contributed by atoms with Crippen LogP contribution in [0.2, 0.25) is 0 Å². The number of methoxy groups -OCH3 is 2. The van der Waals surface area contributed by atoms with Gasteiger partial charge in [0.2, 0.25) is 5.78 Å². The maximum atomic E-state index is 14.0. The molecule has 1 aromatic heterocycles. The topological polar surface area (TPSA) is 101 Å². The van der Waals surface area contributed by atoms with Crippen molar-refractivity contribution in [3.05, 3.63) is 99.7 Å². The number of hydrogen-bond acceptors (Lipinski definition) is 8. The second-order valence-corrected chi connectivity index (χ2v) is 9.80. The third-order valence-electron chi connectivity index (χ3n) is 7.32. The van der Waals surface area contributed by atoms with Gasteiger partial charge in [-0.1, -0.05) is 12.1 Å². The number of carbonyl (C=O) groups is 3. The van der Waals surface area contributed by atoms with Crippen LogP contribution in [0.4, 0.5) is 0 Å². The molecule has 41 heavy (non-hydrogen) atoms. The summed E-state index contributed by atoms with van der Waals surface area (Å²) in [6, 6.07) is 14.1. The average molecular weight is 555 g/mol. The normalized spacial score (nSPS) is 19.0. The number of allylic oxidation sites excluding steroid dienone is 4. The Kier molecular flexibility index (Phi) is 7.66. The minimum Gasteiger partial charge on any atom is -0.497 e. The van der Waals surface area contributed by atoms with Gasteiger partial charge in [-0.15, -0.1) is 0 Å². The van der Waals surface area contributed by atoms with Gasteiger partial charge >= 0.3 is 5.97 Å². The Morgan fingerprint density at radius 2 is 1.80 bits per heavy atom. The lowest BCUT2D eigenvalue weighted by atomic mass is 9.73. The summed E-state index contributed by atoms with van der Waals surface area (Å²) < 4.78 is 28.7. The van der Waals surface area contributed by atoms with Gasteiger partial charge < -0.3 is 23.4 Å². The van der Waals surface area contributed by atoms with Gasteiger partial charge in [0, 0.05) is 34.3 Å². The Morgan fingerprint density at radius 1 is 1.00 bits per heavy atom. The summed E-state index contributed by atoms with van der Waals surface area (Å²) in [6.45, 7) is 5.64. The van der Waals surface area contributed by atoms with Gasteiger partial charge in [-0.2, -0.15) is 0 Å². The van der Waals surface area contributed by atoms with Crippen molar-refractivity contribution in [3.8, 4) is 22.8 Å². The van der Waals surface area contributed by atoms with E-state index in [0.717, 1.165) is 17.4 Å². The number of fused-ring (bicyclic) bond motifs is 1. The van der Waals surface area contributed by atoms with Crippen molar-refractivity contribution in [3.63, 3.8) is 0 Å². The first kappa shape index (κ1) is 27.7. The zero-order valence-electron chi connectivity index (χ0n) is 23.5. The lowest BCUT2D eigenvalue weighted by Gasteiger charge is -2.30. The van der Waals surface area contributed by atoms with E-state index in [2.05, 4.69) is 0 Å². The van der Waals surface area contributed by atoms with Gasteiger partial charge in [0.05, 0.1) is 26.7 Å². The summed E-state index contributed by atoms with van der Waals surface area (Å²) in [7, 11) is 3.08. The summed E-state index contributed by atoms with van der Waals surface area (Å²) in [5.74, 6) is 0.141. The molecule has 5 rings (SSSR count). The van der Waals surface area contributed by atoms with E-state index in [1.54, 1.807) is 75.6 Å². The fraction of sp³-hybridized carbons (Fsp3) is 0.242. The molecule has 0 spiro atoms. The van der Waals surface area contributed by atoms with Gasteiger partial charge in [0.1, 0.15) is 35.1 Å². The van der Waals surface area contributed by atoms with Gasteiger partial charge in [0.15, 0.2) is 5.76 Å². The molecule has 8 nitrogen and oxygen atoms in total. The van der Waals surface area contributed by atoms with Crippen molar-refractivity contribution >= 4 is 24.1 Å². The molecule has 2 aromatic carbocycles. The van der Waals surface area contributed by atoms with Crippen LogP contribution in [0.3, 0.4) is 0 Å². The fourth-order valence-electron chi connectivity index (χ4n) is 5.36. The molecule has 1 saturated heterocycles. The van der Waals surface area contributed by atoms with E-state index in [1.807, 2.05) is 13.0 Å². The molecule has 3 aromatic rings. The van der Waals surface area contributed by atoms with Crippen molar-refractivity contribution in [2.45, 2.75) is 26.7 Å². The summed E-state index contributed by atoms with van der Waals surface area (Å²) in [4.78, 5) is 38.5. The van der Waals surface area contributed by atoms with Crippen LogP contribution in [-0.2, 0) is 19.1 Å². The Balaban J connectivity index is 1.57. The quantitative estimate of drug-likeness (QED) is 0.184. The second kappa shape index (κ2) is 11.3. The summed E-state index contributed by atoms with van der Waals surface area (Å²) in [5.41, 5.74) is 3.84. The first-order valence-electron chi connectivity index (χ1n) is 13.2. The molecular weight excluding hydrogens is 524 g/mol. The van der Waals surface area contributed by atoms with Crippen LogP contribution < -0.4 is 9.47 Å². The number of aldehydes is 1. The number of benzene rings is 2. The number of carbonyl (C=O) groups excluding carboxylic acids is 3. The third-order valence-corrected chi connectivity index (χ3v) is 7.32. The van der Waals surface area contributed by atoms with Crippen LogP contribution >= 0.6 is 0 Å². The minimum absolute atomic E-state index is 0.0882. The lowest BCUT2D eigenvalue weighted by molar-refractivity contribution is -0.139. The number of hydrogen-bond donors (Lipinski definition) is 0. The standard InChI is InChI=1S/C33H30O8/c1-6-39-33(36)29-19(3)13-27-31(30(29)24-15-21(37-4)9-11-25(24)38-5)32(35)28(41-27)16-22-10-12-26(40-22)23-14-20(17-34)8-7-18(23)2/h7-17,30-31H,6H2,1-5H3/b28-16-. The zero-order valence-corrected chi connectivity index (χ0v) is 23.5. The highest BCUT2D eigenvalue weighted by Crippen LogP contribution is 2.51. The highest BCUT2D eigenvalue weighted by atomic mass is 16.5. The molecule has 1 aliphatic heterocycles. The number of ketones is 1. The van der Waals surface area contributed by atoms with Crippen LogP contribution in [-0.4, -0.2) is 38.9 Å². The molecule has 0 N–H and O–H groups in total. The molecular formula is C33H30O8. The van der Waals surface area contributed by atoms with Crippen LogP contribution in [0.25, 0.3) is 17.4 Å². The largest absolute Gasteiger partial charge is 0.497 e. The van der Waals surface area contributed by atoms with Crippen molar-refractivity contribution in [1.82, 2.24) is 0 Å². The summed E-state index contributed by atoms with van der Waals surface area (Å²) in [6.07, 6.45) is 4.04. The maximum Gasteiger partial charge on any atom is 0.334 e. The summed E-state index contributed by atoms with van der Waals surface area (Å²) >= 11 is 0. The van der Waals surface area contributed by atoms with E-state index >= 15 is 0 Å². The molecule has 2 atom stereocenters. The van der Waals surface area contributed by atoms with Gasteiger partial charge in [-0.05, 0) is 74.4 Å². The highest BCUT2D eigenvalue weighted by molar-refractivity contribution is 6.06. The van der Waals surface area contributed by atoms with E-state index in [4.69, 9.17) is 23.4 Å². The van der Waals surface area contributed by atoms with E-state index in [0.29, 0.717) is 51.1 Å². The molecule has 8 heteroatoms. The molecule has 2 unspecified atom stereocenters. The average Bonchev–Trinajstić information content (AvgIpc) is 3.56. The first-order chi connectivity index (χ1) is 19.8. The van der Waals surface area contributed by atoms with E-state index < -0.39 is 17.8 Å². The number of aryl methyl sites for hydroxylation is 1. The van der Waals surface area contributed by atoms with Crippen molar-refractivity contribution in [1.29, 1.82) is 0 Å². The van der Waals surface area contributed by atoms with Crippen molar-refractivity contribution < 1.29 is 37.7 Å². The number of esters is 1. The molecule has 0 saturated carbocycles. The Bertz CT molecular complexity index is 1630. The highest BCUT2D eigenvalue weighted by Gasteiger charge is 2.49. The number of Topliss-reactive ketones (excluding diaryl/α,β-unsaturated/α-hetero) is 1. The Labute approximate surface area is 237 Å². The Hall–Kier alpha value is -4.85. The van der Waals surface area contributed by atoms with Crippen LogP contribution in [0.5, 0.6) is 11.5 Å². The van der Waals surface area contributed by atoms with Gasteiger partial charge in [-0.25, -0.2) is 4.79 Å². The molecule has 1 aliphatic carbocycles. The molecule has 0 bridgehead atoms. The van der Waals surface area contributed by atoms with Crippen LogP contribution in [0.15, 0.2) is 81.7 Å². The molecule has 210 valence electrons. The molecule has 1 fully saturated rings. The summed E-state index contributed by atoms with van der Waals surface area (Å²) in [5, 5.41) is 0. The third kappa shape index (κ3) is 5.09. The number of ether oxygens (including phenoxy) is 4. The van der Waals surface area contributed by atoms with E-state index in [-0.39, 0.29) is 18.1 Å². The molecule has 2 heterocycles. The predicted octanol–water partition coefficient (Wildman–Crippen LogP) is 6.20. The monoisotopic (exact) mass is 554 g/mol. The predicted molar refractivity (Wildman–Crippen MR) is 152 cm³/mol. The number of furan rings is 1. The van der Waals surface area contributed by atoms with Gasteiger partial charge in [-0.3, -0.25) is 9.59 Å². The fourth-order valence-corrected chi connectivity index (χ4v) is 5.36. The van der Waals surface area contributed by atoms with E-state index in [9.17, 15) is 14.4 Å². The van der Waals surface area contributed by atoms with Gasteiger partial charge in [0.25, 0.3) is 0 Å². The molecule has 0 radical (unpaired) electrons. The van der Waals surface area contributed by atoms with Crippen molar-refractivity contribution in [2.24, 2.45) is 5.92 Å². The van der Waals surface area contributed by atoms with Crippen LogP contribution in [0.1, 0.15) is 47.0 Å². The first-order valence-corrected chi connectivity index (χ1v) is 13.2.